The lowest BCUT2D eigenvalue weighted by molar-refractivity contribution is 0.119. The Balaban J connectivity index is 1.84. The minimum absolute atomic E-state index is 0.790. The molecule has 0 aromatic heterocycles. The van der Waals surface area contributed by atoms with Crippen molar-refractivity contribution in [1.29, 1.82) is 0 Å². The fraction of sp³-hybridized carbons (Fsp3) is 1.00. The monoisotopic (exact) mass is 256 g/mol. The van der Waals surface area contributed by atoms with Crippen molar-refractivity contribution < 1.29 is 0 Å². The van der Waals surface area contributed by atoms with Crippen molar-refractivity contribution in [1.82, 2.24) is 10.2 Å². The van der Waals surface area contributed by atoms with Crippen LogP contribution >= 0.6 is 11.8 Å². The SMILES string of the molecule is CCCNC1CC2CCC(C1)N2CC(C)SC. The van der Waals surface area contributed by atoms with E-state index in [-0.39, 0.29) is 0 Å². The van der Waals surface area contributed by atoms with Crippen molar-refractivity contribution in [2.75, 3.05) is 19.3 Å². The van der Waals surface area contributed by atoms with Gasteiger partial charge in [0, 0.05) is 29.9 Å². The van der Waals surface area contributed by atoms with Crippen LogP contribution in [0.4, 0.5) is 0 Å². The van der Waals surface area contributed by atoms with Gasteiger partial charge in [0.1, 0.15) is 0 Å². The predicted octanol–water partition coefficient (Wildman–Crippen LogP) is 2.73. The number of nitrogens with zero attached hydrogens (tertiary/aromatic N) is 1. The Morgan fingerprint density at radius 1 is 1.29 bits per heavy atom. The summed E-state index contributed by atoms with van der Waals surface area (Å²) < 4.78 is 0. The molecule has 0 aliphatic carbocycles. The molecular weight excluding hydrogens is 228 g/mol. The fourth-order valence-electron chi connectivity index (χ4n) is 3.46. The number of hydrogen-bond donors (Lipinski definition) is 1. The molecule has 2 aliphatic heterocycles. The smallest absolute Gasteiger partial charge is 0.0144 e. The molecule has 2 saturated heterocycles. The summed E-state index contributed by atoms with van der Waals surface area (Å²) in [5, 5.41) is 4.52. The number of rotatable bonds is 6. The van der Waals surface area contributed by atoms with E-state index < -0.39 is 0 Å². The Bertz CT molecular complexity index is 220. The second kappa shape index (κ2) is 6.44. The van der Waals surface area contributed by atoms with E-state index in [1.54, 1.807) is 0 Å². The van der Waals surface area contributed by atoms with Crippen LogP contribution in [0.1, 0.15) is 46.0 Å². The van der Waals surface area contributed by atoms with Crippen molar-refractivity contribution in [2.24, 2.45) is 0 Å². The highest BCUT2D eigenvalue weighted by atomic mass is 32.2. The Morgan fingerprint density at radius 2 is 1.94 bits per heavy atom. The number of piperidine rings is 1. The van der Waals surface area contributed by atoms with E-state index in [2.05, 4.69) is 30.3 Å². The summed E-state index contributed by atoms with van der Waals surface area (Å²) in [7, 11) is 0. The van der Waals surface area contributed by atoms with Gasteiger partial charge < -0.3 is 5.32 Å². The topological polar surface area (TPSA) is 15.3 Å². The molecule has 17 heavy (non-hydrogen) atoms. The zero-order valence-corrected chi connectivity index (χ0v) is 12.4. The van der Waals surface area contributed by atoms with Crippen LogP contribution in [-0.4, -0.2) is 47.6 Å². The summed E-state index contributed by atoms with van der Waals surface area (Å²) in [6.45, 7) is 7.13. The first-order valence-corrected chi connectivity index (χ1v) is 8.55. The molecule has 0 aromatic carbocycles. The van der Waals surface area contributed by atoms with Gasteiger partial charge in [0.15, 0.2) is 0 Å². The summed E-state index contributed by atoms with van der Waals surface area (Å²) in [5.74, 6) is 0. The van der Waals surface area contributed by atoms with Gasteiger partial charge in [-0.2, -0.15) is 11.8 Å². The lowest BCUT2D eigenvalue weighted by Gasteiger charge is -2.40. The molecule has 2 rings (SSSR count). The number of fused-ring (bicyclic) bond motifs is 2. The molecule has 2 heterocycles. The maximum absolute atomic E-state index is 3.73. The van der Waals surface area contributed by atoms with Gasteiger partial charge in [-0.3, -0.25) is 4.90 Å². The molecule has 0 amide bonds. The molecule has 0 spiro atoms. The van der Waals surface area contributed by atoms with E-state index in [0.29, 0.717) is 0 Å². The Hall–Kier alpha value is 0.270. The first-order chi connectivity index (χ1) is 8.24. The van der Waals surface area contributed by atoms with Crippen LogP contribution in [0.15, 0.2) is 0 Å². The number of nitrogens with one attached hydrogen (secondary N) is 1. The van der Waals surface area contributed by atoms with Crippen LogP contribution in [0.25, 0.3) is 0 Å². The average molecular weight is 256 g/mol. The third-order valence-electron chi connectivity index (χ3n) is 4.44. The van der Waals surface area contributed by atoms with Crippen LogP contribution in [0.3, 0.4) is 0 Å². The van der Waals surface area contributed by atoms with E-state index >= 15 is 0 Å². The maximum atomic E-state index is 3.73. The highest BCUT2D eigenvalue weighted by Crippen LogP contribution is 2.36. The third-order valence-corrected chi connectivity index (χ3v) is 5.39. The molecule has 3 atom stereocenters. The summed E-state index contributed by atoms with van der Waals surface area (Å²) >= 11 is 2.01. The van der Waals surface area contributed by atoms with Gasteiger partial charge in [-0.1, -0.05) is 13.8 Å². The van der Waals surface area contributed by atoms with E-state index in [9.17, 15) is 0 Å². The minimum Gasteiger partial charge on any atom is -0.314 e. The minimum atomic E-state index is 0.790. The van der Waals surface area contributed by atoms with Crippen molar-refractivity contribution in [3.63, 3.8) is 0 Å². The summed E-state index contributed by atoms with van der Waals surface area (Å²) in [6, 6.07) is 2.55. The Kier molecular flexibility index (Phi) is 5.19. The highest BCUT2D eigenvalue weighted by molar-refractivity contribution is 7.99. The number of hydrogen-bond acceptors (Lipinski definition) is 3. The van der Waals surface area contributed by atoms with Gasteiger partial charge >= 0.3 is 0 Å². The van der Waals surface area contributed by atoms with Gasteiger partial charge in [-0.05, 0) is 44.9 Å². The maximum Gasteiger partial charge on any atom is 0.0144 e. The molecular formula is C14H28N2S. The quantitative estimate of drug-likeness (QED) is 0.787. The zero-order chi connectivity index (χ0) is 12.3. The summed E-state index contributed by atoms with van der Waals surface area (Å²) in [5.41, 5.74) is 0. The highest BCUT2D eigenvalue weighted by Gasteiger charge is 2.40. The molecule has 3 unspecified atom stereocenters. The van der Waals surface area contributed by atoms with Crippen LogP contribution in [0, 0.1) is 0 Å². The van der Waals surface area contributed by atoms with Crippen molar-refractivity contribution in [2.45, 2.75) is 69.3 Å². The summed E-state index contributed by atoms with van der Waals surface area (Å²) in [4.78, 5) is 2.81. The summed E-state index contributed by atoms with van der Waals surface area (Å²) in [6.07, 6.45) is 9.16. The normalized spacial score (nSPS) is 35.1. The van der Waals surface area contributed by atoms with Crippen LogP contribution in [0.2, 0.25) is 0 Å². The predicted molar refractivity (Wildman–Crippen MR) is 77.8 cm³/mol. The van der Waals surface area contributed by atoms with Crippen LogP contribution in [0.5, 0.6) is 0 Å². The Morgan fingerprint density at radius 3 is 2.47 bits per heavy atom. The average Bonchev–Trinajstić information content (AvgIpc) is 2.58. The fourth-order valence-corrected chi connectivity index (χ4v) is 3.78. The molecule has 2 nitrogen and oxygen atoms in total. The number of thioether (sulfide) groups is 1. The molecule has 2 bridgehead atoms. The first-order valence-electron chi connectivity index (χ1n) is 7.26. The molecule has 2 fully saturated rings. The standard InChI is InChI=1S/C14H28N2S/c1-4-7-15-12-8-13-5-6-14(9-12)16(13)10-11(2)17-3/h11-15H,4-10H2,1-3H3. The van der Waals surface area contributed by atoms with E-state index in [0.717, 1.165) is 23.4 Å². The largest absolute Gasteiger partial charge is 0.314 e. The van der Waals surface area contributed by atoms with Crippen LogP contribution in [-0.2, 0) is 0 Å². The molecule has 100 valence electrons. The molecule has 0 aromatic rings. The van der Waals surface area contributed by atoms with E-state index in [1.165, 1.54) is 45.2 Å². The van der Waals surface area contributed by atoms with Gasteiger partial charge in [0.25, 0.3) is 0 Å². The molecule has 1 N–H and O–H groups in total. The first kappa shape index (κ1) is 13.7. The lowest BCUT2D eigenvalue weighted by Crippen LogP contribution is -2.50. The van der Waals surface area contributed by atoms with E-state index in [4.69, 9.17) is 0 Å². The second-order valence-electron chi connectivity index (χ2n) is 5.75. The molecule has 3 heteroatoms. The molecule has 2 aliphatic rings. The van der Waals surface area contributed by atoms with Gasteiger partial charge in [0.2, 0.25) is 0 Å². The second-order valence-corrected chi connectivity index (χ2v) is 7.03. The molecule has 0 saturated carbocycles. The van der Waals surface area contributed by atoms with Crippen LogP contribution < -0.4 is 5.32 Å². The van der Waals surface area contributed by atoms with Crippen molar-refractivity contribution in [3.8, 4) is 0 Å². The third kappa shape index (κ3) is 3.39. The van der Waals surface area contributed by atoms with Crippen molar-refractivity contribution in [3.05, 3.63) is 0 Å². The van der Waals surface area contributed by atoms with Gasteiger partial charge in [-0.25, -0.2) is 0 Å². The lowest BCUT2D eigenvalue weighted by atomic mass is 9.97. The molecule has 0 radical (unpaired) electrons. The van der Waals surface area contributed by atoms with Gasteiger partial charge in [0.05, 0.1) is 0 Å². The van der Waals surface area contributed by atoms with Gasteiger partial charge in [-0.15, -0.1) is 0 Å². The zero-order valence-electron chi connectivity index (χ0n) is 11.6. The van der Waals surface area contributed by atoms with E-state index in [1.807, 2.05) is 11.8 Å². The Labute approximate surface area is 111 Å². The van der Waals surface area contributed by atoms with Crippen molar-refractivity contribution >= 4 is 11.8 Å².